The molecule has 0 aliphatic carbocycles. The van der Waals surface area contributed by atoms with Crippen molar-refractivity contribution < 1.29 is 17.0 Å². The normalized spacial score (nSPS) is 11.2. The Morgan fingerprint density at radius 3 is 2.69 bits per heavy atom. The molecule has 72 valence electrons. The molecule has 0 saturated heterocycles. The van der Waals surface area contributed by atoms with Crippen LogP contribution in [0.15, 0.2) is 18.3 Å². The molecule has 0 atom stereocenters. The Bertz CT molecular complexity index is 373. The lowest BCUT2D eigenvalue weighted by atomic mass is 10.5. The van der Waals surface area contributed by atoms with Crippen LogP contribution in [0.3, 0.4) is 0 Å². The molecule has 0 bridgehead atoms. The summed E-state index contributed by atoms with van der Waals surface area (Å²) in [5.74, 6) is -0.809. The molecule has 0 N–H and O–H groups in total. The fourth-order valence-corrected chi connectivity index (χ4v) is 1.08. The van der Waals surface area contributed by atoms with Crippen LogP contribution in [0, 0.1) is 5.82 Å². The number of nitrogens with zero attached hydrogens (tertiary/aromatic N) is 1. The molecule has 0 saturated carbocycles. The SMILES string of the molecule is CCS(=O)(=O)Oc1ccc(F)cn1. The Hall–Kier alpha value is -1.17. The highest BCUT2D eigenvalue weighted by Gasteiger charge is 2.09. The third-order valence-electron chi connectivity index (χ3n) is 1.27. The third kappa shape index (κ3) is 2.98. The van der Waals surface area contributed by atoms with E-state index in [9.17, 15) is 12.8 Å². The molecule has 0 aliphatic heterocycles. The molecule has 0 spiro atoms. The Kier molecular flexibility index (Phi) is 2.82. The van der Waals surface area contributed by atoms with Crippen molar-refractivity contribution in [3.05, 3.63) is 24.1 Å². The number of hydrogen-bond acceptors (Lipinski definition) is 4. The van der Waals surface area contributed by atoms with E-state index >= 15 is 0 Å². The molecular formula is C7H8FNO3S. The Morgan fingerprint density at radius 1 is 1.54 bits per heavy atom. The summed E-state index contributed by atoms with van der Waals surface area (Å²) in [6.07, 6.45) is 0.889. The highest BCUT2D eigenvalue weighted by Crippen LogP contribution is 2.09. The van der Waals surface area contributed by atoms with Gasteiger partial charge in [0.05, 0.1) is 11.9 Å². The van der Waals surface area contributed by atoms with E-state index in [-0.39, 0.29) is 11.6 Å². The van der Waals surface area contributed by atoms with Crippen molar-refractivity contribution in [1.82, 2.24) is 4.98 Å². The molecule has 0 radical (unpaired) electrons. The predicted octanol–water partition coefficient (Wildman–Crippen LogP) is 0.949. The first kappa shape index (κ1) is 9.91. The van der Waals surface area contributed by atoms with Gasteiger partial charge in [-0.3, -0.25) is 0 Å². The lowest BCUT2D eigenvalue weighted by Crippen LogP contribution is -2.12. The third-order valence-corrected chi connectivity index (χ3v) is 2.40. The van der Waals surface area contributed by atoms with E-state index in [1.165, 1.54) is 6.92 Å². The van der Waals surface area contributed by atoms with Crippen LogP contribution >= 0.6 is 0 Å². The minimum absolute atomic E-state index is 0.122. The zero-order valence-electron chi connectivity index (χ0n) is 6.90. The van der Waals surface area contributed by atoms with Gasteiger partial charge in [-0.05, 0) is 13.0 Å². The van der Waals surface area contributed by atoms with Crippen LogP contribution in [0.25, 0.3) is 0 Å². The van der Waals surface area contributed by atoms with Crippen LogP contribution in [0.4, 0.5) is 4.39 Å². The molecule has 0 fully saturated rings. The Labute approximate surface area is 75.5 Å². The number of aromatic nitrogens is 1. The van der Waals surface area contributed by atoms with Crippen LogP contribution < -0.4 is 4.18 Å². The van der Waals surface area contributed by atoms with Crippen molar-refractivity contribution in [2.24, 2.45) is 0 Å². The Balaban J connectivity index is 2.82. The van der Waals surface area contributed by atoms with Crippen LogP contribution in [0.1, 0.15) is 6.92 Å². The topological polar surface area (TPSA) is 56.3 Å². The molecule has 1 heterocycles. The fourth-order valence-electron chi connectivity index (χ4n) is 0.601. The van der Waals surface area contributed by atoms with Crippen molar-refractivity contribution in [1.29, 1.82) is 0 Å². The molecule has 0 aliphatic rings. The van der Waals surface area contributed by atoms with E-state index in [2.05, 4.69) is 9.17 Å². The van der Waals surface area contributed by atoms with Crippen molar-refractivity contribution in [3.63, 3.8) is 0 Å². The van der Waals surface area contributed by atoms with Gasteiger partial charge in [0.2, 0.25) is 5.88 Å². The quantitative estimate of drug-likeness (QED) is 0.689. The monoisotopic (exact) mass is 205 g/mol. The summed E-state index contributed by atoms with van der Waals surface area (Å²) >= 11 is 0. The van der Waals surface area contributed by atoms with Crippen molar-refractivity contribution in [2.45, 2.75) is 6.92 Å². The average Bonchev–Trinajstić information content (AvgIpc) is 2.09. The van der Waals surface area contributed by atoms with Crippen LogP contribution in [-0.4, -0.2) is 19.2 Å². The molecule has 0 unspecified atom stereocenters. The largest absolute Gasteiger partial charge is 0.362 e. The first-order valence-electron chi connectivity index (χ1n) is 3.57. The zero-order chi connectivity index (χ0) is 9.90. The fraction of sp³-hybridized carbons (Fsp3) is 0.286. The van der Waals surface area contributed by atoms with Gasteiger partial charge < -0.3 is 4.18 Å². The average molecular weight is 205 g/mol. The van der Waals surface area contributed by atoms with Crippen LogP contribution in [-0.2, 0) is 10.1 Å². The molecule has 1 aromatic heterocycles. The number of hydrogen-bond donors (Lipinski definition) is 0. The van der Waals surface area contributed by atoms with Gasteiger partial charge in [0.1, 0.15) is 5.82 Å². The lowest BCUT2D eigenvalue weighted by molar-refractivity contribution is 0.475. The summed E-state index contributed by atoms with van der Waals surface area (Å²) in [5.41, 5.74) is 0. The van der Waals surface area contributed by atoms with Gasteiger partial charge in [-0.15, -0.1) is 0 Å². The number of pyridine rings is 1. The van der Waals surface area contributed by atoms with Gasteiger partial charge >= 0.3 is 10.1 Å². The maximum atomic E-state index is 12.3. The summed E-state index contributed by atoms with van der Waals surface area (Å²) in [6.45, 7) is 1.44. The summed E-state index contributed by atoms with van der Waals surface area (Å²) in [7, 11) is -3.57. The van der Waals surface area contributed by atoms with Crippen molar-refractivity contribution in [2.75, 3.05) is 5.75 Å². The molecule has 6 heteroatoms. The van der Waals surface area contributed by atoms with E-state index < -0.39 is 15.9 Å². The second-order valence-corrected chi connectivity index (χ2v) is 4.10. The van der Waals surface area contributed by atoms with Gasteiger partial charge in [0, 0.05) is 6.07 Å². The van der Waals surface area contributed by atoms with Gasteiger partial charge in [0.25, 0.3) is 0 Å². The minimum atomic E-state index is -3.57. The highest BCUT2D eigenvalue weighted by atomic mass is 32.2. The van der Waals surface area contributed by atoms with E-state index in [4.69, 9.17) is 0 Å². The molecule has 0 aromatic carbocycles. The standard InChI is InChI=1S/C7H8FNO3S/c1-2-13(10,11)12-7-4-3-6(8)5-9-7/h3-5H,2H2,1H3. The predicted molar refractivity (Wildman–Crippen MR) is 44.3 cm³/mol. The highest BCUT2D eigenvalue weighted by molar-refractivity contribution is 7.87. The van der Waals surface area contributed by atoms with Crippen LogP contribution in [0.2, 0.25) is 0 Å². The second-order valence-electron chi connectivity index (χ2n) is 2.24. The molecular weight excluding hydrogens is 197 g/mol. The van der Waals surface area contributed by atoms with Gasteiger partial charge in [-0.1, -0.05) is 0 Å². The van der Waals surface area contributed by atoms with Crippen molar-refractivity contribution >= 4 is 10.1 Å². The van der Waals surface area contributed by atoms with Crippen LogP contribution in [0.5, 0.6) is 5.88 Å². The van der Waals surface area contributed by atoms with Crippen molar-refractivity contribution in [3.8, 4) is 5.88 Å². The summed E-state index contributed by atoms with van der Waals surface area (Å²) < 4.78 is 38.6. The van der Waals surface area contributed by atoms with Gasteiger partial charge in [-0.2, -0.15) is 8.42 Å². The zero-order valence-corrected chi connectivity index (χ0v) is 7.71. The molecule has 13 heavy (non-hydrogen) atoms. The van der Waals surface area contributed by atoms with E-state index in [1.54, 1.807) is 0 Å². The molecule has 0 amide bonds. The maximum Gasteiger partial charge on any atom is 0.310 e. The van der Waals surface area contributed by atoms with Gasteiger partial charge in [0.15, 0.2) is 0 Å². The number of rotatable bonds is 3. The first-order valence-corrected chi connectivity index (χ1v) is 5.15. The molecule has 1 rings (SSSR count). The maximum absolute atomic E-state index is 12.3. The number of halogens is 1. The molecule has 1 aromatic rings. The smallest absolute Gasteiger partial charge is 0.310 e. The van der Waals surface area contributed by atoms with E-state index in [0.29, 0.717) is 0 Å². The lowest BCUT2D eigenvalue weighted by Gasteiger charge is -2.02. The minimum Gasteiger partial charge on any atom is -0.362 e. The molecule has 4 nitrogen and oxygen atoms in total. The second kappa shape index (κ2) is 3.69. The summed E-state index contributed by atoms with van der Waals surface area (Å²) in [4.78, 5) is 3.44. The summed E-state index contributed by atoms with van der Waals surface area (Å²) in [5, 5.41) is 0. The van der Waals surface area contributed by atoms with Gasteiger partial charge in [-0.25, -0.2) is 9.37 Å². The first-order chi connectivity index (χ1) is 6.03. The van der Waals surface area contributed by atoms with E-state index in [0.717, 1.165) is 18.3 Å². The summed E-state index contributed by atoms with van der Waals surface area (Å²) in [6, 6.07) is 2.23. The Morgan fingerprint density at radius 2 is 2.23 bits per heavy atom. The van der Waals surface area contributed by atoms with E-state index in [1.807, 2.05) is 0 Å².